The molecule has 0 bridgehead atoms. The van der Waals surface area contributed by atoms with Crippen LogP contribution in [0.5, 0.6) is 0 Å². The Labute approximate surface area is 197 Å². The normalized spacial score (nSPS) is 12.1. The summed E-state index contributed by atoms with van der Waals surface area (Å²) in [5.74, 6) is 0.750. The molecule has 0 N–H and O–H groups in total. The van der Waals surface area contributed by atoms with Crippen LogP contribution in [-0.4, -0.2) is 26.9 Å². The number of rotatable bonds is 11. The molecule has 0 spiro atoms. The second-order valence-corrected chi connectivity index (χ2v) is 8.72. The van der Waals surface area contributed by atoms with E-state index in [0.29, 0.717) is 29.7 Å². The number of aromatic nitrogens is 2. The van der Waals surface area contributed by atoms with Crippen LogP contribution in [0.2, 0.25) is 0 Å². The first-order valence-corrected chi connectivity index (χ1v) is 12.4. The molecule has 5 heteroatoms. The van der Waals surface area contributed by atoms with Gasteiger partial charge in [0.1, 0.15) is 5.82 Å². The highest BCUT2D eigenvalue weighted by Crippen LogP contribution is 2.25. The summed E-state index contributed by atoms with van der Waals surface area (Å²) in [5, 5.41) is 0.586. The Hall–Kier alpha value is -2.95. The average molecular weight is 448 g/mol. The minimum atomic E-state index is -0.311. The van der Waals surface area contributed by atoms with E-state index in [2.05, 4.69) is 32.9 Å². The summed E-state index contributed by atoms with van der Waals surface area (Å²) in [6.07, 6.45) is 6.41. The van der Waals surface area contributed by atoms with Crippen LogP contribution < -0.4 is 5.56 Å². The molecule has 0 saturated heterocycles. The van der Waals surface area contributed by atoms with E-state index in [9.17, 15) is 9.59 Å². The summed E-state index contributed by atoms with van der Waals surface area (Å²) in [7, 11) is 0. The molecular formula is C28H37N3O2. The number of para-hydroxylation sites is 1. The monoisotopic (exact) mass is 447 g/mol. The fourth-order valence-corrected chi connectivity index (χ4v) is 4.24. The summed E-state index contributed by atoms with van der Waals surface area (Å²) in [4.78, 5) is 33.7. The highest BCUT2D eigenvalue weighted by atomic mass is 16.2. The molecule has 0 aliphatic carbocycles. The minimum absolute atomic E-state index is 0.0961. The van der Waals surface area contributed by atoms with Gasteiger partial charge in [-0.3, -0.25) is 14.2 Å². The molecule has 0 aliphatic rings. The predicted octanol–water partition coefficient (Wildman–Crippen LogP) is 6.22. The molecule has 2 aromatic carbocycles. The number of hydrogen-bond donors (Lipinski definition) is 0. The number of carbonyl (C=O) groups excluding carboxylic acids is 1. The van der Waals surface area contributed by atoms with Crippen molar-refractivity contribution < 1.29 is 4.79 Å². The van der Waals surface area contributed by atoms with Crippen molar-refractivity contribution in [2.75, 3.05) is 6.54 Å². The van der Waals surface area contributed by atoms with Gasteiger partial charge in [0.25, 0.3) is 5.56 Å². The van der Waals surface area contributed by atoms with E-state index in [1.165, 1.54) is 5.56 Å². The number of benzene rings is 2. The number of carbonyl (C=O) groups is 1. The van der Waals surface area contributed by atoms with Crippen molar-refractivity contribution in [3.05, 3.63) is 70.3 Å². The van der Waals surface area contributed by atoms with E-state index >= 15 is 0 Å². The smallest absolute Gasteiger partial charge is 0.266 e. The largest absolute Gasteiger partial charge is 0.333 e. The van der Waals surface area contributed by atoms with Crippen molar-refractivity contribution in [3.8, 4) is 5.69 Å². The molecule has 5 nitrogen and oxygen atoms in total. The molecule has 33 heavy (non-hydrogen) atoms. The highest BCUT2D eigenvalue weighted by Gasteiger charge is 2.26. The summed E-state index contributed by atoms with van der Waals surface area (Å²) >= 11 is 0. The van der Waals surface area contributed by atoms with Gasteiger partial charge < -0.3 is 4.90 Å². The summed E-state index contributed by atoms with van der Waals surface area (Å²) in [5.41, 5.74) is 2.57. The Balaban J connectivity index is 2.14. The Kier molecular flexibility index (Phi) is 8.81. The van der Waals surface area contributed by atoms with Crippen LogP contribution >= 0.6 is 0 Å². The Morgan fingerprint density at radius 2 is 1.67 bits per heavy atom. The maximum Gasteiger partial charge on any atom is 0.266 e. The Morgan fingerprint density at radius 1 is 0.970 bits per heavy atom. The maximum atomic E-state index is 13.7. The lowest BCUT2D eigenvalue weighted by Gasteiger charge is -2.31. The molecule has 0 radical (unpaired) electrons. The van der Waals surface area contributed by atoms with Crippen LogP contribution in [0.25, 0.3) is 16.6 Å². The highest BCUT2D eigenvalue weighted by molar-refractivity contribution is 5.79. The van der Waals surface area contributed by atoms with E-state index in [0.717, 1.165) is 44.2 Å². The molecule has 3 aromatic rings. The van der Waals surface area contributed by atoms with Gasteiger partial charge in [-0.25, -0.2) is 4.98 Å². The fraction of sp³-hybridized carbons (Fsp3) is 0.464. The molecule has 3 rings (SSSR count). The predicted molar refractivity (Wildman–Crippen MR) is 136 cm³/mol. The van der Waals surface area contributed by atoms with Gasteiger partial charge in [0.15, 0.2) is 0 Å². The van der Waals surface area contributed by atoms with Crippen LogP contribution in [-0.2, 0) is 11.2 Å². The van der Waals surface area contributed by atoms with Gasteiger partial charge in [-0.15, -0.1) is 0 Å². The summed E-state index contributed by atoms with van der Waals surface area (Å²) in [6.45, 7) is 9.05. The van der Waals surface area contributed by atoms with Crippen molar-refractivity contribution >= 4 is 16.8 Å². The third-order valence-corrected chi connectivity index (χ3v) is 6.31. The molecule has 176 valence electrons. The van der Waals surface area contributed by atoms with E-state index < -0.39 is 0 Å². The van der Waals surface area contributed by atoms with Gasteiger partial charge in [-0.05, 0) is 56.0 Å². The fourth-order valence-electron chi connectivity index (χ4n) is 4.24. The summed E-state index contributed by atoms with van der Waals surface area (Å²) < 4.78 is 1.70. The van der Waals surface area contributed by atoms with Crippen molar-refractivity contribution in [3.63, 3.8) is 0 Å². The first kappa shape index (κ1) is 24.7. The molecule has 1 aromatic heterocycles. The topological polar surface area (TPSA) is 55.2 Å². The zero-order valence-electron chi connectivity index (χ0n) is 20.5. The third-order valence-electron chi connectivity index (χ3n) is 6.31. The minimum Gasteiger partial charge on any atom is -0.333 e. The Bertz CT molecular complexity index is 1120. The van der Waals surface area contributed by atoms with Gasteiger partial charge in [0.2, 0.25) is 5.91 Å². The number of hydrogen-bond acceptors (Lipinski definition) is 3. The van der Waals surface area contributed by atoms with E-state index in [1.54, 1.807) is 4.57 Å². The summed E-state index contributed by atoms with van der Waals surface area (Å²) in [6, 6.07) is 15.2. The number of aryl methyl sites for hydroxylation is 1. The van der Waals surface area contributed by atoms with Gasteiger partial charge >= 0.3 is 0 Å². The van der Waals surface area contributed by atoms with Crippen molar-refractivity contribution in [1.82, 2.24) is 14.5 Å². The lowest BCUT2D eigenvalue weighted by atomic mass is 10.1. The van der Waals surface area contributed by atoms with E-state index in [-0.39, 0.29) is 17.5 Å². The van der Waals surface area contributed by atoms with Crippen molar-refractivity contribution in [2.45, 2.75) is 78.7 Å². The SMILES string of the molecule is CCCCCN(C(=O)CCCC)C(C)c1nc2ccccc2c(=O)n1-c1ccc(CC)cc1. The number of fused-ring (bicyclic) bond motifs is 1. The zero-order chi connectivity index (χ0) is 23.8. The lowest BCUT2D eigenvalue weighted by Crippen LogP contribution is -2.38. The molecule has 1 amide bonds. The molecule has 0 saturated carbocycles. The molecule has 1 unspecified atom stereocenters. The first-order chi connectivity index (χ1) is 16.0. The van der Waals surface area contributed by atoms with Crippen LogP contribution in [0.1, 0.15) is 83.6 Å². The molecule has 0 aliphatic heterocycles. The van der Waals surface area contributed by atoms with Crippen LogP contribution in [0.4, 0.5) is 0 Å². The number of amides is 1. The van der Waals surface area contributed by atoms with E-state index in [1.807, 2.05) is 48.2 Å². The van der Waals surface area contributed by atoms with Gasteiger partial charge in [-0.2, -0.15) is 0 Å². The van der Waals surface area contributed by atoms with Crippen molar-refractivity contribution in [2.24, 2.45) is 0 Å². The standard InChI is InChI=1S/C28H37N3O2/c1-5-8-12-20-30(26(32)15-9-6-2)21(4)27-29-25-14-11-10-13-24(25)28(33)31(27)23-18-16-22(7-3)17-19-23/h10-11,13-14,16-19,21H,5-9,12,15,20H2,1-4H3. The first-order valence-electron chi connectivity index (χ1n) is 12.4. The number of nitrogens with zero attached hydrogens (tertiary/aromatic N) is 3. The third kappa shape index (κ3) is 5.70. The molecule has 1 atom stereocenters. The van der Waals surface area contributed by atoms with Crippen LogP contribution in [0.3, 0.4) is 0 Å². The molecule has 0 fully saturated rings. The maximum absolute atomic E-state index is 13.7. The van der Waals surface area contributed by atoms with Gasteiger partial charge in [-0.1, -0.05) is 64.3 Å². The average Bonchev–Trinajstić information content (AvgIpc) is 2.85. The van der Waals surface area contributed by atoms with E-state index in [4.69, 9.17) is 4.98 Å². The van der Waals surface area contributed by atoms with Gasteiger partial charge in [0, 0.05) is 13.0 Å². The molecule has 1 heterocycles. The second kappa shape index (κ2) is 11.8. The lowest BCUT2D eigenvalue weighted by molar-refractivity contribution is -0.133. The number of unbranched alkanes of at least 4 members (excludes halogenated alkanes) is 3. The van der Waals surface area contributed by atoms with Gasteiger partial charge in [0.05, 0.1) is 22.6 Å². The van der Waals surface area contributed by atoms with Crippen LogP contribution in [0.15, 0.2) is 53.3 Å². The van der Waals surface area contributed by atoms with Crippen LogP contribution in [0, 0.1) is 0 Å². The Morgan fingerprint density at radius 3 is 2.33 bits per heavy atom. The zero-order valence-corrected chi connectivity index (χ0v) is 20.5. The van der Waals surface area contributed by atoms with Crippen molar-refractivity contribution in [1.29, 1.82) is 0 Å². The molecular weight excluding hydrogens is 410 g/mol. The quantitative estimate of drug-likeness (QED) is 0.328. The second-order valence-electron chi connectivity index (χ2n) is 8.72.